The Labute approximate surface area is 358 Å². The van der Waals surface area contributed by atoms with E-state index in [2.05, 4.69) is 177 Å². The molecule has 10 heteroatoms. The van der Waals surface area contributed by atoms with Crippen molar-refractivity contribution in [3.63, 3.8) is 0 Å². The van der Waals surface area contributed by atoms with Crippen molar-refractivity contribution >= 4 is 110 Å². The minimum Gasteiger partial charge on any atom is -0.456 e. The van der Waals surface area contributed by atoms with E-state index in [1.54, 1.807) is 0 Å². The zero-order chi connectivity index (χ0) is 41.4. The number of rotatable bonds is 6. The minimum atomic E-state index is 0.590. The Balaban J connectivity index is 1.01. The van der Waals surface area contributed by atoms with Crippen LogP contribution in [0.5, 0.6) is 0 Å². The number of benzene rings is 8. The molecule has 0 atom stereocenters. The number of para-hydroxylation sites is 1. The van der Waals surface area contributed by atoms with Gasteiger partial charge in [0.05, 0.1) is 11.0 Å². The van der Waals surface area contributed by atoms with Crippen LogP contribution in [0.25, 0.3) is 106 Å². The van der Waals surface area contributed by atoms with Gasteiger partial charge in [-0.1, -0.05) is 132 Å². The van der Waals surface area contributed by atoms with Crippen LogP contribution in [0, 0.1) is 0 Å². The minimum absolute atomic E-state index is 0.590. The normalized spacial score (nSPS) is 11.6. The molecule has 0 saturated carbocycles. The summed E-state index contributed by atoms with van der Waals surface area (Å²) < 4.78 is 8.96. The summed E-state index contributed by atoms with van der Waals surface area (Å²) in [7, 11) is 11.1. The molecule has 0 radical (unpaired) electrons. The van der Waals surface area contributed by atoms with E-state index in [-0.39, 0.29) is 0 Å². The molecule has 0 bridgehead atoms. The maximum atomic E-state index is 6.59. The van der Waals surface area contributed by atoms with E-state index >= 15 is 0 Å². The van der Waals surface area contributed by atoms with Gasteiger partial charge < -0.3 is 8.98 Å². The van der Waals surface area contributed by atoms with Crippen LogP contribution < -0.4 is 27.3 Å². The average molecular weight is 776 g/mol. The second-order valence-electron chi connectivity index (χ2n) is 16.2. The fourth-order valence-electron chi connectivity index (χ4n) is 9.17. The molecule has 0 N–H and O–H groups in total. The summed E-state index contributed by atoms with van der Waals surface area (Å²) >= 11 is 0. The maximum Gasteiger partial charge on any atom is 0.164 e. The van der Waals surface area contributed by atoms with Crippen molar-refractivity contribution in [1.29, 1.82) is 0 Å². The van der Waals surface area contributed by atoms with E-state index < -0.39 is 0 Å². The molecule has 3 aromatic heterocycles. The van der Waals surface area contributed by atoms with Crippen molar-refractivity contribution in [1.82, 2.24) is 19.5 Å². The van der Waals surface area contributed by atoms with E-state index in [1.807, 2.05) is 30.3 Å². The van der Waals surface area contributed by atoms with Crippen LogP contribution in [0.4, 0.5) is 0 Å². The van der Waals surface area contributed by atoms with Crippen LogP contribution in [-0.2, 0) is 0 Å². The lowest BCUT2D eigenvalue weighted by Gasteiger charge is -2.20. The number of furan rings is 1. The molecule has 0 fully saturated rings. The third-order valence-electron chi connectivity index (χ3n) is 12.9. The van der Waals surface area contributed by atoms with E-state index in [1.165, 1.54) is 60.3 Å². The third-order valence-corrected chi connectivity index (χ3v) is 12.9. The zero-order valence-corrected chi connectivity index (χ0v) is 34.8. The number of hydrogen-bond donors (Lipinski definition) is 0. The Morgan fingerprint density at radius 1 is 0.344 bits per heavy atom. The number of nitrogens with zero attached hydrogens (tertiary/aromatic N) is 4. The first-order valence-corrected chi connectivity index (χ1v) is 20.9. The molecule has 0 saturated heterocycles. The van der Waals surface area contributed by atoms with Crippen molar-refractivity contribution in [2.24, 2.45) is 0 Å². The summed E-state index contributed by atoms with van der Waals surface area (Å²) in [4.78, 5) is 15.2. The average Bonchev–Trinajstić information content (AvgIpc) is 3.85. The molecule has 0 aliphatic carbocycles. The second kappa shape index (κ2) is 14.5. The first-order valence-electron chi connectivity index (χ1n) is 20.9. The Bertz CT molecular complexity index is 3500. The van der Waals surface area contributed by atoms with Crippen LogP contribution in [-0.4, -0.2) is 58.8 Å². The van der Waals surface area contributed by atoms with Gasteiger partial charge in [-0.2, -0.15) is 0 Å². The van der Waals surface area contributed by atoms with Gasteiger partial charge in [0.15, 0.2) is 17.5 Å². The smallest absolute Gasteiger partial charge is 0.164 e. The van der Waals surface area contributed by atoms with Gasteiger partial charge in [-0.05, 0) is 64.7 Å². The molecular formula is C51H37B5N4O. The Kier molecular flexibility index (Phi) is 8.71. The summed E-state index contributed by atoms with van der Waals surface area (Å²) in [5.74, 6) is 1.83. The molecule has 0 amide bonds. The monoisotopic (exact) mass is 776 g/mol. The van der Waals surface area contributed by atoms with Crippen molar-refractivity contribution in [3.05, 3.63) is 164 Å². The fourth-order valence-corrected chi connectivity index (χ4v) is 9.17. The van der Waals surface area contributed by atoms with Crippen molar-refractivity contribution < 1.29 is 4.42 Å². The molecule has 11 aromatic rings. The lowest BCUT2D eigenvalue weighted by Crippen LogP contribution is -2.55. The van der Waals surface area contributed by atoms with E-state index in [0.29, 0.717) is 17.5 Å². The van der Waals surface area contributed by atoms with Gasteiger partial charge in [0.2, 0.25) is 0 Å². The van der Waals surface area contributed by atoms with Gasteiger partial charge in [-0.3, -0.25) is 0 Å². The van der Waals surface area contributed by atoms with Crippen LogP contribution in [0.1, 0.15) is 0 Å². The molecule has 0 aliphatic heterocycles. The highest BCUT2D eigenvalue weighted by molar-refractivity contribution is 6.68. The van der Waals surface area contributed by atoms with Gasteiger partial charge >= 0.3 is 0 Å². The molecule has 8 aromatic carbocycles. The molecule has 61 heavy (non-hydrogen) atoms. The SMILES string of the molecule is Bc1c(B)c(B)c(-c2ccc(-c3nc(-c4ccccc4)nc(-c4ccc5c(c4)oc4ccc(-n6c7ccccc7c7ccc(-c8ccccc8)cc76)cc45)n3)cc2)c(B)c1B. The Morgan fingerprint density at radius 3 is 1.57 bits per heavy atom. The lowest BCUT2D eigenvalue weighted by molar-refractivity contribution is 0.669. The predicted octanol–water partition coefficient (Wildman–Crippen LogP) is 4.50. The zero-order valence-electron chi connectivity index (χ0n) is 34.8. The van der Waals surface area contributed by atoms with Gasteiger partial charge in [-0.25, -0.2) is 15.0 Å². The summed E-state index contributed by atoms with van der Waals surface area (Å²) in [6.07, 6.45) is 0. The molecule has 0 spiro atoms. The van der Waals surface area contributed by atoms with E-state index in [9.17, 15) is 0 Å². The molecule has 5 nitrogen and oxygen atoms in total. The maximum absolute atomic E-state index is 6.59. The Hall–Kier alpha value is -7.31. The number of aromatic nitrogens is 4. The Morgan fingerprint density at radius 2 is 0.869 bits per heavy atom. The highest BCUT2D eigenvalue weighted by Gasteiger charge is 2.19. The van der Waals surface area contributed by atoms with Crippen molar-refractivity contribution in [3.8, 4) is 62.1 Å². The van der Waals surface area contributed by atoms with Gasteiger partial charge in [0.25, 0.3) is 0 Å². The highest BCUT2D eigenvalue weighted by Crippen LogP contribution is 2.38. The molecular weight excluding hydrogens is 739 g/mol. The highest BCUT2D eigenvalue weighted by atomic mass is 16.3. The van der Waals surface area contributed by atoms with Crippen LogP contribution >= 0.6 is 0 Å². The molecule has 0 unspecified atom stereocenters. The predicted molar refractivity (Wildman–Crippen MR) is 270 cm³/mol. The first-order chi connectivity index (χ1) is 29.8. The molecule has 3 heterocycles. The summed E-state index contributed by atoms with van der Waals surface area (Å²) in [5, 5.41) is 4.53. The van der Waals surface area contributed by atoms with Crippen LogP contribution in [0.3, 0.4) is 0 Å². The lowest BCUT2D eigenvalue weighted by atomic mass is 9.59. The summed E-state index contributed by atoms with van der Waals surface area (Å²) in [6.45, 7) is 0. The standard InChI is InChI=1S/C51H37B5N4O/c52-44-43(45(53)47(55)48(56)46(44)54)29-15-17-31(18-16-29)50-57-49(30-11-5-2-6-12-30)58-51(59-50)33-20-23-37-38-27-34(21-24-41(38)61-42(37)26-33)60-39-14-8-7-13-35(39)36-22-19-32(25-40(36)60)28-9-3-1-4-10-28/h1-27H,52-56H2. The van der Waals surface area contributed by atoms with Crippen LogP contribution in [0.15, 0.2) is 168 Å². The quantitative estimate of drug-likeness (QED) is 0.234. The van der Waals surface area contributed by atoms with E-state index in [0.717, 1.165) is 55.3 Å². The molecule has 11 rings (SSSR count). The first kappa shape index (κ1) is 36.8. The van der Waals surface area contributed by atoms with Gasteiger partial charge in [0, 0.05) is 43.9 Å². The van der Waals surface area contributed by atoms with E-state index in [4.69, 9.17) is 19.4 Å². The second-order valence-corrected chi connectivity index (χ2v) is 16.2. The van der Waals surface area contributed by atoms with Crippen molar-refractivity contribution in [2.75, 3.05) is 0 Å². The molecule has 0 aliphatic rings. The summed E-state index contributed by atoms with van der Waals surface area (Å²) in [5.41, 5.74) is 19.3. The third kappa shape index (κ3) is 6.12. The topological polar surface area (TPSA) is 56.7 Å². The fraction of sp³-hybridized carbons (Fsp3) is 0. The number of hydrogen-bond acceptors (Lipinski definition) is 4. The summed E-state index contributed by atoms with van der Waals surface area (Å²) in [6, 6.07) is 57.6. The van der Waals surface area contributed by atoms with Crippen molar-refractivity contribution in [2.45, 2.75) is 0 Å². The van der Waals surface area contributed by atoms with Gasteiger partial charge in [0.1, 0.15) is 50.4 Å². The van der Waals surface area contributed by atoms with Crippen LogP contribution in [0.2, 0.25) is 0 Å². The largest absolute Gasteiger partial charge is 0.456 e. The van der Waals surface area contributed by atoms with Gasteiger partial charge in [-0.15, -0.1) is 16.4 Å². The number of fused-ring (bicyclic) bond motifs is 6. The molecule has 282 valence electrons.